The fourth-order valence-electron chi connectivity index (χ4n) is 2.53. The fourth-order valence-corrected chi connectivity index (χ4v) is 2.66. The minimum atomic E-state index is 0.101. The Balaban J connectivity index is 1.71. The van der Waals surface area contributed by atoms with Crippen molar-refractivity contribution in [1.29, 1.82) is 0 Å². The molecule has 0 aromatic heterocycles. The minimum absolute atomic E-state index is 0.101. The molecule has 0 bridgehead atoms. The van der Waals surface area contributed by atoms with Gasteiger partial charge >= 0.3 is 0 Å². The number of benzene rings is 2. The highest BCUT2D eigenvalue weighted by Gasteiger charge is 2.43. The lowest BCUT2D eigenvalue weighted by Crippen LogP contribution is -2.02. The summed E-state index contributed by atoms with van der Waals surface area (Å²) in [6.07, 6.45) is 0.924. The Kier molecular flexibility index (Phi) is 3.49. The van der Waals surface area contributed by atoms with Gasteiger partial charge in [-0.3, -0.25) is 4.79 Å². The van der Waals surface area contributed by atoms with Gasteiger partial charge in [-0.25, -0.2) is 0 Å². The third-order valence-electron chi connectivity index (χ3n) is 3.80. The Hall–Kier alpha value is -1.80. The van der Waals surface area contributed by atoms with Crippen molar-refractivity contribution < 1.29 is 9.53 Å². The second kappa shape index (κ2) is 5.29. The maximum Gasteiger partial charge on any atom is 0.166 e. The lowest BCUT2D eigenvalue weighted by molar-refractivity contribution is 0.0965. The molecule has 0 amide bonds. The number of hydrogen-bond donors (Lipinski definition) is 0. The number of rotatable bonds is 4. The second-order valence-electron chi connectivity index (χ2n) is 5.09. The smallest absolute Gasteiger partial charge is 0.166 e. The van der Waals surface area contributed by atoms with E-state index in [-0.39, 0.29) is 11.7 Å². The first-order valence-electron chi connectivity index (χ1n) is 6.63. The Morgan fingerprint density at radius 2 is 1.75 bits per heavy atom. The number of halogens is 1. The fraction of sp³-hybridized carbons (Fsp3) is 0.235. The van der Waals surface area contributed by atoms with Crippen molar-refractivity contribution in [1.82, 2.24) is 0 Å². The summed E-state index contributed by atoms with van der Waals surface area (Å²) in [5.41, 5.74) is 1.95. The van der Waals surface area contributed by atoms with Gasteiger partial charge in [0.1, 0.15) is 5.75 Å². The summed E-state index contributed by atoms with van der Waals surface area (Å²) in [5, 5.41) is 0.657. The molecule has 1 fully saturated rings. The van der Waals surface area contributed by atoms with Gasteiger partial charge in [-0.15, -0.1) is 0 Å². The topological polar surface area (TPSA) is 26.3 Å². The Morgan fingerprint density at radius 1 is 1.10 bits per heavy atom. The maximum atomic E-state index is 12.4. The van der Waals surface area contributed by atoms with Crippen molar-refractivity contribution in [3.8, 4) is 5.75 Å². The number of ether oxygens (including phenoxy) is 1. The molecule has 2 aromatic carbocycles. The van der Waals surface area contributed by atoms with Crippen LogP contribution < -0.4 is 4.74 Å². The second-order valence-corrected chi connectivity index (χ2v) is 5.53. The summed E-state index contributed by atoms with van der Waals surface area (Å²) in [7, 11) is 1.65. The predicted molar refractivity (Wildman–Crippen MR) is 79.6 cm³/mol. The molecule has 2 aromatic rings. The highest BCUT2D eigenvalue weighted by Crippen LogP contribution is 2.49. The van der Waals surface area contributed by atoms with E-state index in [1.54, 1.807) is 31.4 Å². The van der Waals surface area contributed by atoms with Gasteiger partial charge < -0.3 is 4.74 Å². The number of carbonyl (C=O) groups is 1. The van der Waals surface area contributed by atoms with E-state index in [4.69, 9.17) is 16.3 Å². The molecule has 3 rings (SSSR count). The summed E-state index contributed by atoms with van der Waals surface area (Å²) in [6.45, 7) is 0. The first-order valence-corrected chi connectivity index (χ1v) is 7.00. The van der Waals surface area contributed by atoms with Crippen LogP contribution in [0.1, 0.15) is 28.3 Å². The van der Waals surface area contributed by atoms with Gasteiger partial charge in [0.25, 0.3) is 0 Å². The van der Waals surface area contributed by atoms with Crippen LogP contribution in [0.3, 0.4) is 0 Å². The van der Waals surface area contributed by atoms with Crippen LogP contribution in [-0.4, -0.2) is 12.9 Å². The molecule has 0 saturated heterocycles. The molecular weight excluding hydrogens is 272 g/mol. The molecular formula is C17H15ClO2. The van der Waals surface area contributed by atoms with Crippen molar-refractivity contribution in [3.63, 3.8) is 0 Å². The maximum absolute atomic E-state index is 12.4. The molecule has 0 N–H and O–H groups in total. The first kappa shape index (κ1) is 13.2. The zero-order valence-corrected chi connectivity index (χ0v) is 11.9. The predicted octanol–water partition coefficient (Wildman–Crippen LogP) is 4.34. The molecule has 0 spiro atoms. The molecule has 102 valence electrons. The highest BCUT2D eigenvalue weighted by molar-refractivity contribution is 6.30. The number of methoxy groups -OCH3 is 1. The molecule has 0 aliphatic heterocycles. The first-order chi connectivity index (χ1) is 9.69. The van der Waals surface area contributed by atoms with E-state index in [1.165, 1.54) is 5.56 Å². The summed E-state index contributed by atoms with van der Waals surface area (Å²) in [4.78, 5) is 12.4. The number of ketones is 1. The van der Waals surface area contributed by atoms with Crippen LogP contribution in [0.4, 0.5) is 0 Å². The Bertz CT molecular complexity index is 616. The van der Waals surface area contributed by atoms with E-state index in [2.05, 4.69) is 0 Å². The monoisotopic (exact) mass is 286 g/mol. The summed E-state index contributed by atoms with van der Waals surface area (Å²) in [5.74, 6) is 1.49. The average molecular weight is 287 g/mol. The summed E-state index contributed by atoms with van der Waals surface area (Å²) >= 11 is 5.84. The number of Topliss-reactive ketones (excluding diaryl/α,β-unsaturated/α-hetero) is 1. The summed E-state index contributed by atoms with van der Waals surface area (Å²) in [6, 6.07) is 15.1. The van der Waals surface area contributed by atoms with Gasteiger partial charge in [0, 0.05) is 16.5 Å². The van der Waals surface area contributed by atoms with Gasteiger partial charge in [0.15, 0.2) is 5.78 Å². The van der Waals surface area contributed by atoms with Gasteiger partial charge in [0.2, 0.25) is 0 Å². The van der Waals surface area contributed by atoms with E-state index in [0.29, 0.717) is 10.9 Å². The molecule has 3 heteroatoms. The normalized spacial score (nSPS) is 20.5. The number of hydrogen-bond acceptors (Lipinski definition) is 2. The minimum Gasteiger partial charge on any atom is -0.497 e. The van der Waals surface area contributed by atoms with Crippen molar-refractivity contribution in [2.24, 2.45) is 5.92 Å². The Labute approximate surface area is 123 Å². The van der Waals surface area contributed by atoms with Gasteiger partial charge in [-0.2, -0.15) is 0 Å². The summed E-state index contributed by atoms with van der Waals surface area (Å²) < 4.78 is 5.14. The molecule has 1 aliphatic rings. The van der Waals surface area contributed by atoms with Gasteiger partial charge in [-0.1, -0.05) is 23.7 Å². The van der Waals surface area contributed by atoms with E-state index >= 15 is 0 Å². The van der Waals surface area contributed by atoms with Crippen LogP contribution in [-0.2, 0) is 0 Å². The van der Waals surface area contributed by atoms with Crippen LogP contribution in [0.25, 0.3) is 0 Å². The van der Waals surface area contributed by atoms with Crippen LogP contribution >= 0.6 is 11.6 Å². The van der Waals surface area contributed by atoms with Gasteiger partial charge in [0.05, 0.1) is 7.11 Å². The zero-order valence-electron chi connectivity index (χ0n) is 11.2. The number of carbonyl (C=O) groups excluding carboxylic acids is 1. The Morgan fingerprint density at radius 3 is 2.35 bits per heavy atom. The SMILES string of the molecule is COc1ccc(C2CC2C(=O)c2ccc(Cl)cc2)cc1. The molecule has 1 aliphatic carbocycles. The standard InChI is InChI=1S/C17H15ClO2/c1-20-14-8-4-11(5-9-14)15-10-16(15)17(19)12-2-6-13(18)7-3-12/h2-9,15-16H,10H2,1H3. The molecule has 2 nitrogen and oxygen atoms in total. The third-order valence-corrected chi connectivity index (χ3v) is 4.05. The van der Waals surface area contributed by atoms with Crippen molar-refractivity contribution in [2.75, 3.05) is 7.11 Å². The molecule has 2 unspecified atom stereocenters. The van der Waals surface area contributed by atoms with E-state index < -0.39 is 0 Å². The molecule has 20 heavy (non-hydrogen) atoms. The van der Waals surface area contributed by atoms with Crippen LogP contribution in [0.15, 0.2) is 48.5 Å². The largest absolute Gasteiger partial charge is 0.497 e. The van der Waals surface area contributed by atoms with Crippen molar-refractivity contribution >= 4 is 17.4 Å². The lowest BCUT2D eigenvalue weighted by atomic mass is 10.0. The van der Waals surface area contributed by atoms with E-state index in [9.17, 15) is 4.79 Å². The van der Waals surface area contributed by atoms with Crippen molar-refractivity contribution in [2.45, 2.75) is 12.3 Å². The van der Waals surface area contributed by atoms with Gasteiger partial charge in [-0.05, 0) is 54.3 Å². The van der Waals surface area contributed by atoms with Crippen LogP contribution in [0.2, 0.25) is 5.02 Å². The van der Waals surface area contributed by atoms with E-state index in [1.807, 2.05) is 24.3 Å². The quantitative estimate of drug-likeness (QED) is 0.782. The third kappa shape index (κ3) is 2.56. The molecule has 0 heterocycles. The average Bonchev–Trinajstić information content (AvgIpc) is 3.28. The lowest BCUT2D eigenvalue weighted by Gasteiger charge is -2.03. The molecule has 0 radical (unpaired) electrons. The highest BCUT2D eigenvalue weighted by atomic mass is 35.5. The van der Waals surface area contributed by atoms with Crippen molar-refractivity contribution in [3.05, 3.63) is 64.7 Å². The zero-order chi connectivity index (χ0) is 14.1. The van der Waals surface area contributed by atoms with E-state index in [0.717, 1.165) is 17.7 Å². The molecule has 2 atom stereocenters. The van der Waals surface area contributed by atoms with Crippen LogP contribution in [0.5, 0.6) is 5.75 Å². The molecule has 1 saturated carbocycles. The van der Waals surface area contributed by atoms with Crippen LogP contribution in [0, 0.1) is 5.92 Å².